The van der Waals surface area contributed by atoms with Crippen LogP contribution in [0.15, 0.2) is 12.3 Å². The highest BCUT2D eigenvalue weighted by Crippen LogP contribution is 2.28. The lowest BCUT2D eigenvalue weighted by Gasteiger charge is -2.13. The van der Waals surface area contributed by atoms with Crippen LogP contribution in [0.3, 0.4) is 0 Å². The van der Waals surface area contributed by atoms with Crippen LogP contribution in [0.5, 0.6) is 0 Å². The molecule has 3 rings (SSSR count). The smallest absolute Gasteiger partial charge is 0.0650 e. The minimum atomic E-state index is -0.286. The summed E-state index contributed by atoms with van der Waals surface area (Å²) >= 11 is 0. The van der Waals surface area contributed by atoms with Gasteiger partial charge in [0.25, 0.3) is 0 Å². The van der Waals surface area contributed by atoms with Gasteiger partial charge in [-0.15, -0.1) is 0 Å². The summed E-state index contributed by atoms with van der Waals surface area (Å²) in [5, 5.41) is 14.8. The fourth-order valence-electron chi connectivity index (χ4n) is 3.45. The third-order valence-electron chi connectivity index (χ3n) is 4.65. The van der Waals surface area contributed by atoms with Gasteiger partial charge in [0, 0.05) is 19.2 Å². The molecule has 2 heterocycles. The monoisotopic (exact) mass is 278 g/mol. The third-order valence-corrected chi connectivity index (χ3v) is 4.65. The first-order valence-electron chi connectivity index (χ1n) is 8.15. The van der Waals surface area contributed by atoms with Gasteiger partial charge in [-0.3, -0.25) is 4.68 Å². The van der Waals surface area contributed by atoms with E-state index in [1.165, 1.54) is 32.1 Å². The van der Waals surface area contributed by atoms with Crippen molar-refractivity contribution in [2.24, 2.45) is 0 Å². The SMILES string of the molecule is OC(CCC1CCCO1)Cc1ccn(C2CCCC2)n1. The van der Waals surface area contributed by atoms with Crippen molar-refractivity contribution < 1.29 is 9.84 Å². The van der Waals surface area contributed by atoms with Crippen molar-refractivity contribution in [2.75, 3.05) is 6.61 Å². The summed E-state index contributed by atoms with van der Waals surface area (Å²) in [7, 11) is 0. The number of aliphatic hydroxyl groups excluding tert-OH is 1. The van der Waals surface area contributed by atoms with Crippen molar-refractivity contribution in [1.82, 2.24) is 9.78 Å². The molecule has 4 heteroatoms. The molecule has 1 saturated carbocycles. The Morgan fingerprint density at radius 2 is 2.15 bits per heavy atom. The zero-order valence-corrected chi connectivity index (χ0v) is 12.2. The molecular formula is C16H26N2O2. The normalized spacial score (nSPS) is 25.4. The molecular weight excluding hydrogens is 252 g/mol. The highest BCUT2D eigenvalue weighted by molar-refractivity contribution is 5.01. The van der Waals surface area contributed by atoms with Gasteiger partial charge in [-0.2, -0.15) is 5.10 Å². The van der Waals surface area contributed by atoms with Crippen LogP contribution in [0.1, 0.15) is 63.1 Å². The molecule has 2 atom stereocenters. The van der Waals surface area contributed by atoms with E-state index in [1.807, 2.05) is 0 Å². The first-order chi connectivity index (χ1) is 9.81. The van der Waals surface area contributed by atoms with E-state index in [0.29, 0.717) is 18.6 Å². The first kappa shape index (κ1) is 14.1. The Hall–Kier alpha value is -0.870. The maximum absolute atomic E-state index is 10.1. The Labute approximate surface area is 121 Å². The van der Waals surface area contributed by atoms with Gasteiger partial charge in [0.05, 0.1) is 23.9 Å². The fourth-order valence-corrected chi connectivity index (χ4v) is 3.45. The highest BCUT2D eigenvalue weighted by Gasteiger charge is 2.19. The molecule has 0 amide bonds. The van der Waals surface area contributed by atoms with Crippen molar-refractivity contribution in [3.8, 4) is 0 Å². The molecule has 1 aliphatic heterocycles. The van der Waals surface area contributed by atoms with Crippen LogP contribution in [0, 0.1) is 0 Å². The van der Waals surface area contributed by atoms with Gasteiger partial charge in [-0.05, 0) is 44.6 Å². The topological polar surface area (TPSA) is 47.3 Å². The first-order valence-corrected chi connectivity index (χ1v) is 8.15. The van der Waals surface area contributed by atoms with Crippen LogP contribution >= 0.6 is 0 Å². The summed E-state index contributed by atoms with van der Waals surface area (Å²) in [4.78, 5) is 0. The fraction of sp³-hybridized carbons (Fsp3) is 0.812. The maximum Gasteiger partial charge on any atom is 0.0650 e. The van der Waals surface area contributed by atoms with E-state index in [4.69, 9.17) is 4.74 Å². The number of aliphatic hydroxyl groups is 1. The molecule has 2 aliphatic rings. The summed E-state index contributed by atoms with van der Waals surface area (Å²) < 4.78 is 7.70. The molecule has 1 N–H and O–H groups in total. The molecule has 0 radical (unpaired) electrons. The Morgan fingerprint density at radius 3 is 2.90 bits per heavy atom. The van der Waals surface area contributed by atoms with Crippen molar-refractivity contribution in [3.63, 3.8) is 0 Å². The van der Waals surface area contributed by atoms with E-state index < -0.39 is 0 Å². The van der Waals surface area contributed by atoms with E-state index in [1.54, 1.807) is 0 Å². The number of nitrogens with zero attached hydrogens (tertiary/aromatic N) is 2. The minimum absolute atomic E-state index is 0.286. The summed E-state index contributed by atoms with van der Waals surface area (Å²) in [5.74, 6) is 0. The highest BCUT2D eigenvalue weighted by atomic mass is 16.5. The second-order valence-electron chi connectivity index (χ2n) is 6.30. The summed E-state index contributed by atoms with van der Waals surface area (Å²) in [6.45, 7) is 0.895. The predicted octanol–water partition coefficient (Wildman–Crippen LogP) is 2.86. The lowest BCUT2D eigenvalue weighted by molar-refractivity contribution is 0.0810. The van der Waals surface area contributed by atoms with Crippen molar-refractivity contribution >= 4 is 0 Å². The third kappa shape index (κ3) is 3.61. The maximum atomic E-state index is 10.1. The average Bonchev–Trinajstić information content (AvgIpc) is 3.18. The van der Waals surface area contributed by atoms with Crippen molar-refractivity contribution in [3.05, 3.63) is 18.0 Å². The van der Waals surface area contributed by atoms with Gasteiger partial charge in [0.1, 0.15) is 0 Å². The van der Waals surface area contributed by atoms with Crippen LogP contribution in [-0.2, 0) is 11.2 Å². The Bertz CT molecular complexity index is 406. The Morgan fingerprint density at radius 1 is 1.30 bits per heavy atom. The molecule has 1 aromatic rings. The van der Waals surface area contributed by atoms with Gasteiger partial charge in [0.2, 0.25) is 0 Å². The largest absolute Gasteiger partial charge is 0.393 e. The lowest BCUT2D eigenvalue weighted by Crippen LogP contribution is -2.15. The summed E-state index contributed by atoms with van der Waals surface area (Å²) in [5.41, 5.74) is 1.02. The van der Waals surface area contributed by atoms with Crippen molar-refractivity contribution in [2.45, 2.75) is 76.0 Å². The zero-order chi connectivity index (χ0) is 13.8. The molecule has 112 valence electrons. The van der Waals surface area contributed by atoms with Gasteiger partial charge in [0.15, 0.2) is 0 Å². The van der Waals surface area contributed by atoms with Crippen molar-refractivity contribution in [1.29, 1.82) is 0 Å². The summed E-state index contributed by atoms with van der Waals surface area (Å²) in [6.07, 6.45) is 12.1. The second kappa shape index (κ2) is 6.72. The molecule has 0 spiro atoms. The van der Waals surface area contributed by atoms with Gasteiger partial charge < -0.3 is 9.84 Å². The van der Waals surface area contributed by atoms with Crippen LogP contribution < -0.4 is 0 Å². The second-order valence-corrected chi connectivity index (χ2v) is 6.30. The molecule has 2 unspecified atom stereocenters. The molecule has 2 fully saturated rings. The molecule has 4 nitrogen and oxygen atoms in total. The van der Waals surface area contributed by atoms with E-state index in [0.717, 1.165) is 31.6 Å². The van der Waals surface area contributed by atoms with Crippen LogP contribution in [0.2, 0.25) is 0 Å². The number of ether oxygens (including phenoxy) is 1. The Kier molecular flexibility index (Phi) is 4.73. The molecule has 20 heavy (non-hydrogen) atoms. The van der Waals surface area contributed by atoms with Crippen LogP contribution in [-0.4, -0.2) is 33.7 Å². The van der Waals surface area contributed by atoms with Gasteiger partial charge >= 0.3 is 0 Å². The molecule has 0 bridgehead atoms. The van der Waals surface area contributed by atoms with E-state index in [9.17, 15) is 5.11 Å². The number of hydrogen-bond acceptors (Lipinski definition) is 3. The van der Waals surface area contributed by atoms with E-state index >= 15 is 0 Å². The summed E-state index contributed by atoms with van der Waals surface area (Å²) in [6, 6.07) is 2.65. The number of rotatable bonds is 6. The number of aromatic nitrogens is 2. The standard InChI is InChI=1S/C16H26N2O2/c19-15(7-8-16-6-3-11-20-16)12-13-9-10-18(17-13)14-4-1-2-5-14/h9-10,14-16,19H,1-8,11-12H2. The van der Waals surface area contributed by atoms with Crippen LogP contribution in [0.4, 0.5) is 0 Å². The predicted molar refractivity (Wildman–Crippen MR) is 77.7 cm³/mol. The molecule has 1 aromatic heterocycles. The minimum Gasteiger partial charge on any atom is -0.393 e. The van der Waals surface area contributed by atoms with Crippen LogP contribution in [0.25, 0.3) is 0 Å². The average molecular weight is 278 g/mol. The number of hydrogen-bond donors (Lipinski definition) is 1. The Balaban J connectivity index is 1.44. The molecule has 1 aliphatic carbocycles. The van der Waals surface area contributed by atoms with E-state index in [2.05, 4.69) is 22.0 Å². The molecule has 1 saturated heterocycles. The molecule has 0 aromatic carbocycles. The van der Waals surface area contributed by atoms with E-state index in [-0.39, 0.29) is 6.10 Å². The lowest BCUT2D eigenvalue weighted by atomic mass is 10.0. The van der Waals surface area contributed by atoms with Gasteiger partial charge in [-0.25, -0.2) is 0 Å². The van der Waals surface area contributed by atoms with Gasteiger partial charge in [-0.1, -0.05) is 12.8 Å². The zero-order valence-electron chi connectivity index (χ0n) is 12.2. The quantitative estimate of drug-likeness (QED) is 0.870.